The molecule has 3 N–H and O–H groups in total. The molecule has 0 fully saturated rings. The zero-order chi connectivity index (χ0) is 15.6. The van der Waals surface area contributed by atoms with Gasteiger partial charge >= 0.3 is 0 Å². The van der Waals surface area contributed by atoms with Crippen LogP contribution in [0.25, 0.3) is 0 Å². The van der Waals surface area contributed by atoms with Gasteiger partial charge in [-0.05, 0) is 32.9 Å². The molecule has 0 heterocycles. The predicted molar refractivity (Wildman–Crippen MR) is 84.7 cm³/mol. The van der Waals surface area contributed by atoms with Gasteiger partial charge in [0.25, 0.3) is 9.70 Å². The number of hydrogen-bond acceptors (Lipinski definition) is 1. The van der Waals surface area contributed by atoms with Crippen molar-refractivity contribution in [3.63, 3.8) is 0 Å². The number of hydrogen-bond donors (Lipinski definition) is 2. The maximum atomic E-state index is 12.2. The van der Waals surface area contributed by atoms with E-state index in [1.807, 2.05) is 20.8 Å². The lowest BCUT2D eigenvalue weighted by Crippen LogP contribution is -3.03. The summed E-state index contributed by atoms with van der Waals surface area (Å²) in [6, 6.07) is 6.71. The van der Waals surface area contributed by atoms with Crippen LogP contribution in [0.15, 0.2) is 24.3 Å². The second kappa shape index (κ2) is 6.71. The number of amides is 1. The van der Waals surface area contributed by atoms with Gasteiger partial charge in [0.1, 0.15) is 0 Å². The van der Waals surface area contributed by atoms with Crippen LogP contribution in [0.3, 0.4) is 0 Å². The third-order valence-corrected chi connectivity index (χ3v) is 3.46. The molecule has 0 aliphatic rings. The average molecular weight is 359 g/mol. The molecule has 0 aliphatic carbocycles. The first-order chi connectivity index (χ1) is 9.00. The van der Waals surface area contributed by atoms with Crippen molar-refractivity contribution in [3.05, 3.63) is 34.9 Å². The minimum Gasteiger partial charge on any atom is -0.319 e. The number of benzene rings is 1. The second-order valence-corrected chi connectivity index (χ2v) is 8.28. The fourth-order valence-corrected chi connectivity index (χ4v) is 2.16. The lowest BCUT2D eigenvalue weighted by molar-refractivity contribution is -0.749. The molecule has 0 saturated carbocycles. The Bertz CT molecular complexity index is 480. The van der Waals surface area contributed by atoms with E-state index in [-0.39, 0.29) is 11.4 Å². The Hall–Kier alpha value is -0.190. The standard InChI is InChI=1S/C13H16Cl4N2O/c1-12(2,3)19-11(13(15,16)17)18-10(20)8-6-4-5-7-9(8)14/h4-7,11,19H,1-3H3,(H,18,20)/p+1/t11-/m1/s1. The number of carbonyl (C=O) groups is 1. The fraction of sp³-hybridized carbons (Fsp3) is 0.462. The Morgan fingerprint density at radius 2 is 1.75 bits per heavy atom. The quantitative estimate of drug-likeness (QED) is 0.632. The van der Waals surface area contributed by atoms with Crippen LogP contribution in [0.5, 0.6) is 0 Å². The van der Waals surface area contributed by atoms with Crippen molar-refractivity contribution < 1.29 is 10.1 Å². The summed E-state index contributed by atoms with van der Waals surface area (Å²) in [5, 5.41) is 4.83. The van der Waals surface area contributed by atoms with E-state index < -0.39 is 9.96 Å². The van der Waals surface area contributed by atoms with Crippen molar-refractivity contribution in [2.75, 3.05) is 0 Å². The van der Waals surface area contributed by atoms with E-state index in [0.29, 0.717) is 10.6 Å². The molecule has 0 radical (unpaired) electrons. The van der Waals surface area contributed by atoms with Gasteiger partial charge < -0.3 is 5.32 Å². The van der Waals surface area contributed by atoms with E-state index in [9.17, 15) is 4.79 Å². The van der Waals surface area contributed by atoms with E-state index in [0.717, 1.165) is 0 Å². The van der Waals surface area contributed by atoms with Gasteiger partial charge in [-0.25, -0.2) is 0 Å². The number of rotatable bonds is 3. The molecular weight excluding hydrogens is 342 g/mol. The van der Waals surface area contributed by atoms with Crippen molar-refractivity contribution in [2.24, 2.45) is 0 Å². The van der Waals surface area contributed by atoms with E-state index in [4.69, 9.17) is 46.4 Å². The molecule has 0 bridgehead atoms. The van der Waals surface area contributed by atoms with Crippen LogP contribution in [0.4, 0.5) is 0 Å². The SMILES string of the molecule is CC(C)(C)[NH2+][C@@H](NC(=O)c1ccccc1Cl)C(Cl)(Cl)Cl. The zero-order valence-electron chi connectivity index (χ0n) is 11.4. The summed E-state index contributed by atoms with van der Waals surface area (Å²) < 4.78 is -1.63. The molecule has 1 aromatic carbocycles. The van der Waals surface area contributed by atoms with E-state index in [2.05, 4.69) is 5.32 Å². The van der Waals surface area contributed by atoms with Gasteiger partial charge in [-0.2, -0.15) is 0 Å². The van der Waals surface area contributed by atoms with Crippen molar-refractivity contribution >= 4 is 52.3 Å². The molecule has 3 nitrogen and oxygen atoms in total. The molecule has 7 heteroatoms. The summed E-state index contributed by atoms with van der Waals surface area (Å²) >= 11 is 23.8. The second-order valence-electron chi connectivity index (χ2n) is 5.51. The van der Waals surface area contributed by atoms with Gasteiger partial charge in [-0.3, -0.25) is 10.1 Å². The molecule has 1 aromatic rings. The lowest BCUT2D eigenvalue weighted by atomic mass is 10.1. The molecule has 1 rings (SSSR count). The number of alkyl halides is 3. The molecule has 1 amide bonds. The lowest BCUT2D eigenvalue weighted by Gasteiger charge is -2.29. The molecule has 1 atom stereocenters. The highest BCUT2D eigenvalue weighted by atomic mass is 35.6. The molecule has 0 saturated heterocycles. The summed E-state index contributed by atoms with van der Waals surface area (Å²) in [6.45, 7) is 5.87. The van der Waals surface area contributed by atoms with Crippen LogP contribution in [0.1, 0.15) is 31.1 Å². The maximum absolute atomic E-state index is 12.2. The Morgan fingerprint density at radius 3 is 2.20 bits per heavy atom. The number of nitrogens with two attached hydrogens (primary N) is 1. The number of nitrogens with one attached hydrogen (secondary N) is 1. The fourth-order valence-electron chi connectivity index (χ4n) is 1.58. The van der Waals surface area contributed by atoms with Crippen molar-refractivity contribution in [2.45, 2.75) is 36.3 Å². The first-order valence-corrected chi connectivity index (χ1v) is 7.50. The van der Waals surface area contributed by atoms with Crippen molar-refractivity contribution in [1.29, 1.82) is 0 Å². The third kappa shape index (κ3) is 5.66. The Labute approximate surface area is 138 Å². The van der Waals surface area contributed by atoms with Crippen LogP contribution in [-0.4, -0.2) is 21.4 Å². The van der Waals surface area contributed by atoms with Crippen LogP contribution < -0.4 is 10.6 Å². The van der Waals surface area contributed by atoms with Gasteiger partial charge in [0.05, 0.1) is 16.1 Å². The monoisotopic (exact) mass is 357 g/mol. The highest BCUT2D eigenvalue weighted by molar-refractivity contribution is 6.68. The summed E-state index contributed by atoms with van der Waals surface area (Å²) in [4.78, 5) is 12.2. The molecule has 20 heavy (non-hydrogen) atoms. The molecule has 0 spiro atoms. The van der Waals surface area contributed by atoms with Crippen molar-refractivity contribution in [1.82, 2.24) is 5.32 Å². The third-order valence-electron chi connectivity index (χ3n) is 2.42. The van der Waals surface area contributed by atoms with Gasteiger partial charge in [0.15, 0.2) is 0 Å². The molecule has 0 aliphatic heterocycles. The highest BCUT2D eigenvalue weighted by Crippen LogP contribution is 2.28. The number of halogens is 4. The van der Waals surface area contributed by atoms with Gasteiger partial charge in [0.2, 0.25) is 6.17 Å². The van der Waals surface area contributed by atoms with E-state index in [1.54, 1.807) is 29.6 Å². The smallest absolute Gasteiger partial charge is 0.262 e. The maximum Gasteiger partial charge on any atom is 0.262 e. The Kier molecular flexibility index (Phi) is 6.00. The van der Waals surface area contributed by atoms with Crippen LogP contribution >= 0.6 is 46.4 Å². The van der Waals surface area contributed by atoms with Crippen molar-refractivity contribution in [3.8, 4) is 0 Å². The minimum atomic E-state index is -1.63. The van der Waals surface area contributed by atoms with Crippen LogP contribution in [0, 0.1) is 0 Å². The first-order valence-electron chi connectivity index (χ1n) is 5.99. The predicted octanol–water partition coefficient (Wildman–Crippen LogP) is 3.13. The summed E-state index contributed by atoms with van der Waals surface area (Å²) in [5.74, 6) is -0.382. The molecular formula is C13H17Cl4N2O+. The summed E-state index contributed by atoms with van der Waals surface area (Å²) in [5.41, 5.74) is 0.123. The van der Waals surface area contributed by atoms with Gasteiger partial charge in [-0.15, -0.1) is 0 Å². The van der Waals surface area contributed by atoms with Crippen LogP contribution in [-0.2, 0) is 0 Å². The van der Waals surface area contributed by atoms with E-state index in [1.165, 1.54) is 0 Å². The number of quaternary nitrogens is 1. The van der Waals surface area contributed by atoms with Gasteiger partial charge in [-0.1, -0.05) is 58.5 Å². The zero-order valence-corrected chi connectivity index (χ0v) is 14.4. The average Bonchev–Trinajstić information content (AvgIpc) is 2.25. The summed E-state index contributed by atoms with van der Waals surface area (Å²) in [6.07, 6.45) is -0.726. The molecule has 0 unspecified atom stereocenters. The number of carbonyl (C=O) groups excluding carboxylic acids is 1. The van der Waals surface area contributed by atoms with Crippen LogP contribution in [0.2, 0.25) is 5.02 Å². The Balaban J connectivity index is 2.91. The molecule has 112 valence electrons. The minimum absolute atomic E-state index is 0.220. The molecule has 0 aromatic heterocycles. The van der Waals surface area contributed by atoms with Gasteiger partial charge in [0, 0.05) is 0 Å². The normalized spacial score (nSPS) is 13.9. The highest BCUT2D eigenvalue weighted by Gasteiger charge is 2.40. The van der Waals surface area contributed by atoms with E-state index >= 15 is 0 Å². The Morgan fingerprint density at radius 1 is 1.20 bits per heavy atom. The topological polar surface area (TPSA) is 45.7 Å². The first kappa shape index (κ1) is 17.9. The summed E-state index contributed by atoms with van der Waals surface area (Å²) in [7, 11) is 0. The largest absolute Gasteiger partial charge is 0.319 e.